The number of halogens is 1. The van der Waals surface area contributed by atoms with E-state index in [1.165, 1.54) is 5.56 Å². The lowest BCUT2D eigenvalue weighted by Crippen LogP contribution is -2.39. The monoisotopic (exact) mass is 459 g/mol. The summed E-state index contributed by atoms with van der Waals surface area (Å²) in [6, 6.07) is 8.10. The maximum atomic E-state index is 5.46. The van der Waals surface area contributed by atoms with Crippen molar-refractivity contribution in [1.29, 1.82) is 0 Å². The molecule has 0 radical (unpaired) electrons. The molecule has 0 unspecified atom stereocenters. The van der Waals surface area contributed by atoms with Crippen LogP contribution in [0.25, 0.3) is 0 Å². The molecule has 1 heterocycles. The summed E-state index contributed by atoms with van der Waals surface area (Å²) in [6.45, 7) is 5.90. The van der Waals surface area contributed by atoms with Gasteiger partial charge in [-0.25, -0.2) is 0 Å². The largest absolute Gasteiger partial charge is 0.494 e. The normalized spacial score (nSPS) is 11.0. The van der Waals surface area contributed by atoms with E-state index < -0.39 is 0 Å². The van der Waals surface area contributed by atoms with Crippen molar-refractivity contribution < 1.29 is 9.26 Å². The first-order chi connectivity index (χ1) is 11.6. The maximum Gasteiger partial charge on any atom is 0.228 e. The van der Waals surface area contributed by atoms with Crippen LogP contribution < -0.4 is 10.1 Å². The van der Waals surface area contributed by atoms with Gasteiger partial charge in [-0.2, -0.15) is 4.98 Å². The smallest absolute Gasteiger partial charge is 0.228 e. The Morgan fingerprint density at radius 3 is 2.60 bits per heavy atom. The lowest BCUT2D eigenvalue weighted by atomic mass is 10.2. The number of guanidine groups is 1. The van der Waals surface area contributed by atoms with Gasteiger partial charge < -0.3 is 19.5 Å². The number of aliphatic imine (C=N–C) groups is 1. The summed E-state index contributed by atoms with van der Waals surface area (Å²) in [5, 5.41) is 7.08. The van der Waals surface area contributed by atoms with Crippen molar-refractivity contribution in [2.24, 2.45) is 4.99 Å². The van der Waals surface area contributed by atoms with Crippen LogP contribution in [0.2, 0.25) is 0 Å². The minimum Gasteiger partial charge on any atom is -0.494 e. The van der Waals surface area contributed by atoms with Gasteiger partial charge in [0.2, 0.25) is 5.89 Å². The summed E-state index contributed by atoms with van der Waals surface area (Å²) in [5.74, 6) is 2.99. The Kier molecular flexibility index (Phi) is 9.25. The van der Waals surface area contributed by atoms with Gasteiger partial charge in [-0.15, -0.1) is 24.0 Å². The number of nitrogens with zero attached hydrogens (tertiary/aromatic N) is 4. The number of ether oxygens (including phenoxy) is 1. The van der Waals surface area contributed by atoms with Gasteiger partial charge in [0.1, 0.15) is 5.75 Å². The molecule has 0 aliphatic heterocycles. The number of rotatable bonds is 7. The van der Waals surface area contributed by atoms with Gasteiger partial charge in [-0.1, -0.05) is 17.3 Å². The van der Waals surface area contributed by atoms with Gasteiger partial charge in [0.05, 0.1) is 6.61 Å². The Morgan fingerprint density at radius 2 is 2.04 bits per heavy atom. The Labute approximate surface area is 165 Å². The van der Waals surface area contributed by atoms with Gasteiger partial charge in [0.25, 0.3) is 0 Å². The lowest BCUT2D eigenvalue weighted by molar-refractivity contribution is 0.340. The van der Waals surface area contributed by atoms with Crippen LogP contribution in [0.5, 0.6) is 5.75 Å². The Balaban J connectivity index is 0.00000312. The molecule has 1 N–H and O–H groups in total. The van der Waals surface area contributed by atoms with E-state index in [-0.39, 0.29) is 24.0 Å². The highest BCUT2D eigenvalue weighted by Crippen LogP contribution is 2.13. The zero-order valence-corrected chi connectivity index (χ0v) is 17.5. The molecule has 8 heteroatoms. The lowest BCUT2D eigenvalue weighted by Gasteiger charge is -2.22. The summed E-state index contributed by atoms with van der Waals surface area (Å²) in [5.41, 5.74) is 1.19. The molecule has 0 saturated heterocycles. The van der Waals surface area contributed by atoms with Crippen LogP contribution in [0.3, 0.4) is 0 Å². The third-order valence-corrected chi connectivity index (χ3v) is 3.42. The SMILES string of the molecule is CCOc1ccc(CN(C)C(=NC)NCCc2nc(C)no2)cc1.I. The molecule has 0 aliphatic rings. The van der Waals surface area contributed by atoms with E-state index in [0.29, 0.717) is 31.3 Å². The highest BCUT2D eigenvalue weighted by atomic mass is 127. The quantitative estimate of drug-likeness (QED) is 0.390. The fourth-order valence-corrected chi connectivity index (χ4v) is 2.31. The molecule has 0 bridgehead atoms. The Bertz CT molecular complexity index is 657. The second kappa shape index (κ2) is 10.9. The van der Waals surface area contributed by atoms with E-state index in [1.54, 1.807) is 7.05 Å². The molecule has 0 fully saturated rings. The first-order valence-corrected chi connectivity index (χ1v) is 8.05. The molecule has 1 aromatic carbocycles. The molecule has 2 rings (SSSR count). The van der Waals surface area contributed by atoms with Crippen molar-refractivity contribution in [1.82, 2.24) is 20.4 Å². The van der Waals surface area contributed by atoms with Gasteiger partial charge >= 0.3 is 0 Å². The highest BCUT2D eigenvalue weighted by Gasteiger charge is 2.08. The molecule has 0 aliphatic carbocycles. The fourth-order valence-electron chi connectivity index (χ4n) is 2.31. The van der Waals surface area contributed by atoms with Crippen LogP contribution in [0.4, 0.5) is 0 Å². The predicted molar refractivity (Wildman–Crippen MR) is 109 cm³/mol. The molecule has 25 heavy (non-hydrogen) atoms. The second-order valence-electron chi connectivity index (χ2n) is 5.39. The van der Waals surface area contributed by atoms with Crippen LogP contribution in [0, 0.1) is 6.92 Å². The zero-order valence-electron chi connectivity index (χ0n) is 15.2. The predicted octanol–water partition coefficient (Wildman–Crippen LogP) is 2.64. The van der Waals surface area contributed by atoms with E-state index in [2.05, 4.69) is 37.5 Å². The number of hydrogen-bond acceptors (Lipinski definition) is 5. The van der Waals surface area contributed by atoms with E-state index in [4.69, 9.17) is 9.26 Å². The Morgan fingerprint density at radius 1 is 1.32 bits per heavy atom. The molecule has 0 saturated carbocycles. The van der Waals surface area contributed by atoms with Crippen LogP contribution >= 0.6 is 24.0 Å². The first kappa shape index (κ1) is 21.2. The number of benzene rings is 1. The molecule has 2 aromatic rings. The summed E-state index contributed by atoms with van der Waals surface area (Å²) in [4.78, 5) is 10.6. The Hall–Kier alpha value is -1.84. The molecule has 0 amide bonds. The average Bonchev–Trinajstić information content (AvgIpc) is 2.99. The molecule has 1 aromatic heterocycles. The summed E-state index contributed by atoms with van der Waals surface area (Å²) < 4.78 is 10.6. The van der Waals surface area contributed by atoms with Crippen LogP contribution in [0.15, 0.2) is 33.8 Å². The molecule has 0 atom stereocenters. The molecular formula is C17H26IN5O2. The number of nitrogens with one attached hydrogen (secondary N) is 1. The maximum absolute atomic E-state index is 5.46. The van der Waals surface area contributed by atoms with E-state index in [0.717, 1.165) is 18.3 Å². The van der Waals surface area contributed by atoms with Gasteiger partial charge in [-0.05, 0) is 31.5 Å². The molecule has 0 spiro atoms. The average molecular weight is 459 g/mol. The highest BCUT2D eigenvalue weighted by molar-refractivity contribution is 14.0. The molecule has 7 nitrogen and oxygen atoms in total. The van der Waals surface area contributed by atoms with Crippen LogP contribution in [-0.2, 0) is 13.0 Å². The van der Waals surface area contributed by atoms with Crippen LogP contribution in [0.1, 0.15) is 24.2 Å². The minimum absolute atomic E-state index is 0. The number of hydrogen-bond donors (Lipinski definition) is 1. The second-order valence-corrected chi connectivity index (χ2v) is 5.39. The van der Waals surface area contributed by atoms with Crippen molar-refractivity contribution in [3.05, 3.63) is 41.5 Å². The summed E-state index contributed by atoms with van der Waals surface area (Å²) >= 11 is 0. The molecule has 138 valence electrons. The molecular weight excluding hydrogens is 433 g/mol. The third kappa shape index (κ3) is 6.89. The van der Waals surface area contributed by atoms with Gasteiger partial charge in [0.15, 0.2) is 11.8 Å². The van der Waals surface area contributed by atoms with Crippen molar-refractivity contribution in [2.75, 3.05) is 27.2 Å². The third-order valence-electron chi connectivity index (χ3n) is 3.42. The van der Waals surface area contributed by atoms with Crippen molar-refractivity contribution in [3.63, 3.8) is 0 Å². The number of aromatic nitrogens is 2. The topological polar surface area (TPSA) is 75.8 Å². The van der Waals surface area contributed by atoms with Crippen molar-refractivity contribution in [2.45, 2.75) is 26.8 Å². The van der Waals surface area contributed by atoms with Gasteiger partial charge in [-0.3, -0.25) is 4.99 Å². The summed E-state index contributed by atoms with van der Waals surface area (Å²) in [7, 11) is 3.77. The van der Waals surface area contributed by atoms with E-state index >= 15 is 0 Å². The van der Waals surface area contributed by atoms with Crippen molar-refractivity contribution in [3.8, 4) is 5.75 Å². The van der Waals surface area contributed by atoms with E-state index in [9.17, 15) is 0 Å². The van der Waals surface area contributed by atoms with E-state index in [1.807, 2.05) is 33.0 Å². The fraction of sp³-hybridized carbons (Fsp3) is 0.471. The van der Waals surface area contributed by atoms with Gasteiger partial charge in [0, 0.05) is 33.6 Å². The van der Waals surface area contributed by atoms with Crippen LogP contribution in [-0.4, -0.2) is 48.2 Å². The summed E-state index contributed by atoms with van der Waals surface area (Å²) in [6.07, 6.45) is 0.663. The minimum atomic E-state index is 0. The standard InChI is InChI=1S/C17H25N5O2.HI/c1-5-23-15-8-6-14(7-9-15)12-22(4)17(18-3)19-11-10-16-20-13(2)21-24-16;/h6-9H,5,10-12H2,1-4H3,(H,18,19);1H. The first-order valence-electron chi connectivity index (χ1n) is 8.05. The number of aryl methyl sites for hydroxylation is 1. The zero-order chi connectivity index (χ0) is 17.4. The van der Waals surface area contributed by atoms with Crippen molar-refractivity contribution >= 4 is 29.9 Å².